The van der Waals surface area contributed by atoms with Gasteiger partial charge in [0.25, 0.3) is 5.91 Å². The third kappa shape index (κ3) is 3.71. The van der Waals surface area contributed by atoms with Crippen LogP contribution >= 0.6 is 0 Å². The maximum absolute atomic E-state index is 12.6. The van der Waals surface area contributed by atoms with Crippen LogP contribution in [0.2, 0.25) is 0 Å². The molecule has 2 aromatic rings. The monoisotopic (exact) mass is 340 g/mol. The molecule has 3 rings (SSSR count). The number of hydrogen-bond acceptors (Lipinski definition) is 3. The quantitative estimate of drug-likeness (QED) is 0.768. The first-order valence-electron chi connectivity index (χ1n) is 8.08. The van der Waals surface area contributed by atoms with Gasteiger partial charge in [0, 0.05) is 19.2 Å². The van der Waals surface area contributed by atoms with Gasteiger partial charge in [-0.3, -0.25) is 14.4 Å². The van der Waals surface area contributed by atoms with Crippen molar-refractivity contribution in [2.75, 3.05) is 5.32 Å². The van der Waals surface area contributed by atoms with E-state index in [0.717, 1.165) is 11.1 Å². The van der Waals surface area contributed by atoms with Gasteiger partial charge >= 0.3 is 0 Å². The Labute approximate surface area is 145 Å². The van der Waals surface area contributed by atoms with Gasteiger partial charge in [-0.2, -0.15) is 0 Å². The molecule has 0 saturated carbocycles. The second-order valence-corrected chi connectivity index (χ2v) is 6.22. The van der Waals surface area contributed by atoms with Crippen LogP contribution < -0.4 is 11.1 Å². The summed E-state index contributed by atoms with van der Waals surface area (Å²) in [6.07, 6.45) is 2.33. The van der Waals surface area contributed by atoms with Gasteiger partial charge in [-0.1, -0.05) is 29.8 Å². The molecule has 25 heavy (non-hydrogen) atoms. The van der Waals surface area contributed by atoms with Crippen LogP contribution in [0.4, 0.5) is 5.69 Å². The molecule has 1 aliphatic heterocycles. The first-order chi connectivity index (χ1) is 11.9. The van der Waals surface area contributed by atoms with Crippen LogP contribution in [-0.2, 0) is 16.1 Å². The molecule has 1 saturated heterocycles. The van der Waals surface area contributed by atoms with Crippen molar-refractivity contribution in [3.8, 4) is 0 Å². The zero-order chi connectivity index (χ0) is 18.0. The van der Waals surface area contributed by atoms with E-state index in [2.05, 4.69) is 10.3 Å². The Kier molecular flexibility index (Phi) is 4.56. The molecule has 1 fully saturated rings. The van der Waals surface area contributed by atoms with Gasteiger partial charge in [-0.25, -0.2) is 0 Å². The molecule has 2 heterocycles. The standard InChI is InChI=1S/C18H20N4O3/c1-11-2-4-12(5-3-11)10-22-15(6-7-16(22)23)18(25)21-13-8-14(17(19)24)20-9-13/h2-5,8-9,15,20H,6-7,10H2,1H3,(H2,19,24)(H,21,25)/t15-/m1/s1. The van der Waals surface area contributed by atoms with E-state index < -0.39 is 11.9 Å². The molecule has 0 radical (unpaired) electrons. The normalized spacial score (nSPS) is 16.9. The molecule has 7 heteroatoms. The molecular formula is C18H20N4O3. The van der Waals surface area contributed by atoms with E-state index in [1.807, 2.05) is 31.2 Å². The molecule has 7 nitrogen and oxygen atoms in total. The van der Waals surface area contributed by atoms with E-state index in [-0.39, 0.29) is 17.5 Å². The number of carbonyl (C=O) groups excluding carboxylic acids is 3. The van der Waals surface area contributed by atoms with E-state index in [9.17, 15) is 14.4 Å². The minimum atomic E-state index is -0.599. The molecule has 1 aliphatic rings. The van der Waals surface area contributed by atoms with Crippen LogP contribution in [0.25, 0.3) is 0 Å². The number of rotatable bonds is 5. The second kappa shape index (κ2) is 6.80. The van der Waals surface area contributed by atoms with E-state index in [4.69, 9.17) is 5.73 Å². The number of aromatic amines is 1. The largest absolute Gasteiger partial charge is 0.364 e. The topological polar surface area (TPSA) is 108 Å². The number of carbonyl (C=O) groups is 3. The number of likely N-dealkylation sites (tertiary alicyclic amines) is 1. The Morgan fingerprint density at radius 3 is 2.68 bits per heavy atom. The average molecular weight is 340 g/mol. The molecule has 0 spiro atoms. The molecule has 1 atom stereocenters. The van der Waals surface area contributed by atoms with Crippen molar-refractivity contribution in [3.63, 3.8) is 0 Å². The van der Waals surface area contributed by atoms with Gasteiger partial charge in [-0.15, -0.1) is 0 Å². The Bertz CT molecular complexity index is 810. The van der Waals surface area contributed by atoms with Crippen molar-refractivity contribution in [2.24, 2.45) is 5.73 Å². The van der Waals surface area contributed by atoms with E-state index in [1.54, 1.807) is 4.90 Å². The fraction of sp³-hybridized carbons (Fsp3) is 0.278. The number of nitrogens with two attached hydrogens (primary N) is 1. The second-order valence-electron chi connectivity index (χ2n) is 6.22. The highest BCUT2D eigenvalue weighted by atomic mass is 16.2. The molecule has 1 aromatic heterocycles. The molecular weight excluding hydrogens is 320 g/mol. The van der Waals surface area contributed by atoms with Crippen LogP contribution in [0, 0.1) is 6.92 Å². The third-order valence-corrected chi connectivity index (χ3v) is 4.32. The number of nitrogens with zero attached hydrogens (tertiary/aromatic N) is 1. The number of benzene rings is 1. The fourth-order valence-electron chi connectivity index (χ4n) is 2.93. The zero-order valence-electron chi connectivity index (χ0n) is 13.9. The number of nitrogens with one attached hydrogen (secondary N) is 2. The van der Waals surface area contributed by atoms with E-state index in [0.29, 0.717) is 25.1 Å². The van der Waals surface area contributed by atoms with Crippen LogP contribution in [0.3, 0.4) is 0 Å². The van der Waals surface area contributed by atoms with Crippen LogP contribution in [0.5, 0.6) is 0 Å². The lowest BCUT2D eigenvalue weighted by Crippen LogP contribution is -2.41. The summed E-state index contributed by atoms with van der Waals surface area (Å²) in [5.74, 6) is -0.904. The van der Waals surface area contributed by atoms with E-state index in [1.165, 1.54) is 12.3 Å². The first kappa shape index (κ1) is 16.8. The lowest BCUT2D eigenvalue weighted by Gasteiger charge is -2.24. The van der Waals surface area contributed by atoms with Gasteiger partial charge in [0.2, 0.25) is 11.8 Å². The van der Waals surface area contributed by atoms with Gasteiger partial charge in [0.15, 0.2) is 0 Å². The van der Waals surface area contributed by atoms with Crippen molar-refractivity contribution in [1.82, 2.24) is 9.88 Å². The van der Waals surface area contributed by atoms with Gasteiger partial charge in [0.1, 0.15) is 11.7 Å². The summed E-state index contributed by atoms with van der Waals surface area (Å²) in [6.45, 7) is 2.40. The van der Waals surface area contributed by atoms with Crippen molar-refractivity contribution in [2.45, 2.75) is 32.4 Å². The predicted octanol–water partition coefficient (Wildman–Crippen LogP) is 1.55. The van der Waals surface area contributed by atoms with E-state index >= 15 is 0 Å². The summed E-state index contributed by atoms with van der Waals surface area (Å²) < 4.78 is 0. The number of primary amides is 1. The molecule has 0 bridgehead atoms. The van der Waals surface area contributed by atoms with Crippen LogP contribution in [-0.4, -0.2) is 33.6 Å². The number of H-pyrrole nitrogens is 1. The van der Waals surface area contributed by atoms with Crippen molar-refractivity contribution < 1.29 is 14.4 Å². The molecule has 0 aliphatic carbocycles. The molecule has 130 valence electrons. The SMILES string of the molecule is Cc1ccc(CN2C(=O)CC[C@@H]2C(=O)Nc2c[nH]c(C(N)=O)c2)cc1. The Hall–Kier alpha value is -3.09. The summed E-state index contributed by atoms with van der Waals surface area (Å²) in [6, 6.07) is 8.83. The first-order valence-corrected chi connectivity index (χ1v) is 8.08. The minimum absolute atomic E-state index is 0.0346. The lowest BCUT2D eigenvalue weighted by molar-refractivity contribution is -0.133. The lowest BCUT2D eigenvalue weighted by atomic mass is 10.1. The molecule has 0 unspecified atom stereocenters. The number of aryl methyl sites for hydroxylation is 1. The highest BCUT2D eigenvalue weighted by Crippen LogP contribution is 2.23. The van der Waals surface area contributed by atoms with Crippen molar-refractivity contribution in [3.05, 3.63) is 53.3 Å². The van der Waals surface area contributed by atoms with Crippen molar-refractivity contribution >= 4 is 23.4 Å². The summed E-state index contributed by atoms with van der Waals surface area (Å²) in [4.78, 5) is 40.1. The average Bonchev–Trinajstić information content (AvgIpc) is 3.17. The summed E-state index contributed by atoms with van der Waals surface area (Å²) in [7, 11) is 0. The zero-order valence-corrected chi connectivity index (χ0v) is 13.9. The summed E-state index contributed by atoms with van der Waals surface area (Å²) in [5, 5.41) is 2.73. The molecule has 1 aromatic carbocycles. The smallest absolute Gasteiger partial charge is 0.265 e. The molecule has 3 amide bonds. The highest BCUT2D eigenvalue weighted by Gasteiger charge is 2.36. The fourth-order valence-corrected chi connectivity index (χ4v) is 2.93. The number of aromatic nitrogens is 1. The molecule has 4 N–H and O–H groups in total. The van der Waals surface area contributed by atoms with Crippen LogP contribution in [0.15, 0.2) is 36.5 Å². The van der Waals surface area contributed by atoms with Gasteiger partial charge in [0.05, 0.1) is 5.69 Å². The number of amides is 3. The van der Waals surface area contributed by atoms with Gasteiger partial charge in [-0.05, 0) is 25.0 Å². The number of anilines is 1. The summed E-state index contributed by atoms with van der Waals surface area (Å²) in [5.41, 5.74) is 7.98. The minimum Gasteiger partial charge on any atom is -0.364 e. The number of hydrogen-bond donors (Lipinski definition) is 3. The predicted molar refractivity (Wildman–Crippen MR) is 92.7 cm³/mol. The third-order valence-electron chi connectivity index (χ3n) is 4.32. The maximum Gasteiger partial charge on any atom is 0.265 e. The summed E-state index contributed by atoms with van der Waals surface area (Å²) >= 11 is 0. The van der Waals surface area contributed by atoms with Crippen molar-refractivity contribution in [1.29, 1.82) is 0 Å². The Morgan fingerprint density at radius 2 is 2.04 bits per heavy atom. The van der Waals surface area contributed by atoms with Crippen LogP contribution in [0.1, 0.15) is 34.5 Å². The Morgan fingerprint density at radius 1 is 1.32 bits per heavy atom. The van der Waals surface area contributed by atoms with Gasteiger partial charge < -0.3 is 20.9 Å². The Balaban J connectivity index is 1.70. The highest BCUT2D eigenvalue weighted by molar-refractivity contribution is 6.00. The maximum atomic E-state index is 12.6.